The molecule has 1 aromatic rings. The molecule has 0 aliphatic carbocycles. The van der Waals surface area contributed by atoms with E-state index in [9.17, 15) is 4.79 Å². The minimum absolute atomic E-state index is 0.122. The fraction of sp³-hybridized carbons (Fsp3) is 0.583. The lowest BCUT2D eigenvalue weighted by Crippen LogP contribution is -2.41. The molecule has 16 heavy (non-hydrogen) atoms. The third-order valence-corrected chi connectivity index (χ3v) is 4.01. The number of hydrogen-bond acceptors (Lipinski definition) is 3. The molecule has 88 valence electrons. The minimum Gasteiger partial charge on any atom is -0.396 e. The van der Waals surface area contributed by atoms with E-state index in [1.54, 1.807) is 11.3 Å². The summed E-state index contributed by atoms with van der Waals surface area (Å²) in [6.07, 6.45) is 2.03. The van der Waals surface area contributed by atoms with Crippen molar-refractivity contribution >= 4 is 17.2 Å². The number of aliphatic hydroxyl groups is 1. The lowest BCUT2D eigenvalue weighted by atomic mass is 9.98. The van der Waals surface area contributed by atoms with Crippen LogP contribution in [0.25, 0.3) is 0 Å². The molecule has 1 amide bonds. The lowest BCUT2D eigenvalue weighted by molar-refractivity contribution is 0.0620. The van der Waals surface area contributed by atoms with E-state index in [4.69, 9.17) is 5.11 Å². The highest BCUT2D eigenvalue weighted by Crippen LogP contribution is 2.21. The first-order chi connectivity index (χ1) is 7.72. The van der Waals surface area contributed by atoms with E-state index >= 15 is 0 Å². The van der Waals surface area contributed by atoms with Gasteiger partial charge in [0.25, 0.3) is 5.91 Å². The number of thiophene rings is 1. The van der Waals surface area contributed by atoms with Crippen LogP contribution in [0.4, 0.5) is 0 Å². The van der Waals surface area contributed by atoms with E-state index in [1.165, 1.54) is 0 Å². The Hall–Kier alpha value is -0.870. The van der Waals surface area contributed by atoms with E-state index in [2.05, 4.69) is 0 Å². The predicted octanol–water partition coefficient (Wildman–Crippen LogP) is 1.90. The van der Waals surface area contributed by atoms with E-state index < -0.39 is 0 Å². The molecule has 2 heterocycles. The van der Waals surface area contributed by atoms with Gasteiger partial charge in [0.1, 0.15) is 0 Å². The van der Waals surface area contributed by atoms with E-state index in [0.29, 0.717) is 6.54 Å². The average molecular weight is 239 g/mol. The Labute approximate surface area is 99.7 Å². The van der Waals surface area contributed by atoms with Crippen molar-refractivity contribution in [2.45, 2.75) is 19.8 Å². The van der Waals surface area contributed by atoms with Crippen LogP contribution >= 0.6 is 11.3 Å². The van der Waals surface area contributed by atoms with Gasteiger partial charge in [-0.3, -0.25) is 4.79 Å². The number of nitrogens with zero attached hydrogens (tertiary/aromatic N) is 1. The van der Waals surface area contributed by atoms with Crippen LogP contribution in [0.5, 0.6) is 0 Å². The molecule has 1 unspecified atom stereocenters. The monoisotopic (exact) mass is 239 g/mol. The summed E-state index contributed by atoms with van der Waals surface area (Å²) >= 11 is 1.57. The first kappa shape index (κ1) is 11.6. The fourth-order valence-corrected chi connectivity index (χ4v) is 2.97. The molecule has 1 aliphatic rings. The molecule has 1 fully saturated rings. The summed E-state index contributed by atoms with van der Waals surface area (Å²) in [5, 5.41) is 13.1. The second-order valence-corrected chi connectivity index (χ2v) is 5.15. The summed E-state index contributed by atoms with van der Waals surface area (Å²) in [4.78, 5) is 14.1. The summed E-state index contributed by atoms with van der Waals surface area (Å²) < 4.78 is 0. The van der Waals surface area contributed by atoms with Crippen LogP contribution in [0.3, 0.4) is 0 Å². The molecule has 0 radical (unpaired) electrons. The second-order valence-electron chi connectivity index (χ2n) is 4.41. The SMILES string of the molecule is Cc1cscc1C(=O)N1CCCC(CO)C1. The molecule has 0 saturated carbocycles. The van der Waals surface area contributed by atoms with Gasteiger partial charge in [-0.15, -0.1) is 0 Å². The largest absolute Gasteiger partial charge is 0.396 e. The molecule has 2 rings (SSSR count). The molecule has 0 spiro atoms. The van der Waals surface area contributed by atoms with Gasteiger partial charge in [-0.25, -0.2) is 0 Å². The molecule has 1 aliphatic heterocycles. The predicted molar refractivity (Wildman–Crippen MR) is 64.8 cm³/mol. The molecule has 1 aromatic heterocycles. The van der Waals surface area contributed by atoms with Crippen molar-refractivity contribution in [2.75, 3.05) is 19.7 Å². The number of carbonyl (C=O) groups is 1. The average Bonchev–Trinajstić information content (AvgIpc) is 2.74. The van der Waals surface area contributed by atoms with Crippen molar-refractivity contribution in [2.24, 2.45) is 5.92 Å². The van der Waals surface area contributed by atoms with Crippen LogP contribution < -0.4 is 0 Å². The lowest BCUT2D eigenvalue weighted by Gasteiger charge is -2.31. The van der Waals surface area contributed by atoms with Crippen molar-refractivity contribution in [3.8, 4) is 0 Å². The van der Waals surface area contributed by atoms with Gasteiger partial charge in [0.05, 0.1) is 5.56 Å². The number of aryl methyl sites for hydroxylation is 1. The highest BCUT2D eigenvalue weighted by Gasteiger charge is 2.24. The van der Waals surface area contributed by atoms with Crippen LogP contribution in [0.15, 0.2) is 10.8 Å². The molecule has 1 saturated heterocycles. The molecule has 1 atom stereocenters. The Morgan fingerprint density at radius 3 is 3.06 bits per heavy atom. The van der Waals surface area contributed by atoms with Crippen molar-refractivity contribution in [1.82, 2.24) is 4.90 Å². The Balaban J connectivity index is 2.07. The Kier molecular flexibility index (Phi) is 3.61. The maximum absolute atomic E-state index is 12.2. The van der Waals surface area contributed by atoms with Crippen molar-refractivity contribution in [3.05, 3.63) is 21.9 Å². The summed E-state index contributed by atoms with van der Waals surface area (Å²) in [5.41, 5.74) is 1.88. The van der Waals surface area contributed by atoms with Crippen molar-refractivity contribution < 1.29 is 9.90 Å². The topological polar surface area (TPSA) is 40.5 Å². The molecule has 4 heteroatoms. The second kappa shape index (κ2) is 4.97. The molecule has 0 aromatic carbocycles. The van der Waals surface area contributed by atoms with Crippen LogP contribution in [-0.2, 0) is 0 Å². The Morgan fingerprint density at radius 2 is 2.44 bits per heavy atom. The van der Waals surface area contributed by atoms with Gasteiger partial charge < -0.3 is 10.0 Å². The van der Waals surface area contributed by atoms with Gasteiger partial charge in [0, 0.05) is 25.1 Å². The maximum Gasteiger partial charge on any atom is 0.254 e. The standard InChI is InChI=1S/C12H17NO2S/c1-9-7-16-8-11(9)12(15)13-4-2-3-10(5-13)6-14/h7-8,10,14H,2-6H2,1H3. The molecule has 0 bridgehead atoms. The van der Waals surface area contributed by atoms with Gasteiger partial charge >= 0.3 is 0 Å². The maximum atomic E-state index is 12.2. The van der Waals surface area contributed by atoms with Gasteiger partial charge in [-0.2, -0.15) is 11.3 Å². The van der Waals surface area contributed by atoms with Gasteiger partial charge in [-0.05, 0) is 36.6 Å². The molecular formula is C12H17NO2S. The van der Waals surface area contributed by atoms with E-state index in [1.807, 2.05) is 22.6 Å². The summed E-state index contributed by atoms with van der Waals surface area (Å²) in [7, 11) is 0. The van der Waals surface area contributed by atoms with Crippen LogP contribution in [0.2, 0.25) is 0 Å². The zero-order chi connectivity index (χ0) is 11.5. The summed E-state index contributed by atoms with van der Waals surface area (Å²) in [6.45, 7) is 3.68. The van der Waals surface area contributed by atoms with E-state index in [0.717, 1.165) is 30.5 Å². The summed E-state index contributed by atoms with van der Waals surface area (Å²) in [6, 6.07) is 0. The number of likely N-dealkylation sites (tertiary alicyclic amines) is 1. The number of rotatable bonds is 2. The number of amides is 1. The Bertz CT molecular complexity index is 375. The van der Waals surface area contributed by atoms with Crippen molar-refractivity contribution in [3.63, 3.8) is 0 Å². The molecule has 3 nitrogen and oxygen atoms in total. The fourth-order valence-electron chi connectivity index (χ4n) is 2.15. The minimum atomic E-state index is 0.122. The number of hydrogen-bond donors (Lipinski definition) is 1. The smallest absolute Gasteiger partial charge is 0.254 e. The van der Waals surface area contributed by atoms with Gasteiger partial charge in [0.15, 0.2) is 0 Å². The highest BCUT2D eigenvalue weighted by molar-refractivity contribution is 7.08. The zero-order valence-electron chi connectivity index (χ0n) is 9.48. The normalized spacial score (nSPS) is 21.1. The molecular weight excluding hydrogens is 222 g/mol. The first-order valence-electron chi connectivity index (χ1n) is 5.65. The van der Waals surface area contributed by atoms with Crippen LogP contribution in [0.1, 0.15) is 28.8 Å². The number of carbonyl (C=O) groups excluding carboxylic acids is 1. The van der Waals surface area contributed by atoms with Crippen molar-refractivity contribution in [1.29, 1.82) is 0 Å². The Morgan fingerprint density at radius 1 is 1.62 bits per heavy atom. The quantitative estimate of drug-likeness (QED) is 0.856. The number of aliphatic hydroxyl groups excluding tert-OH is 1. The van der Waals surface area contributed by atoms with Gasteiger partial charge in [-0.1, -0.05) is 0 Å². The first-order valence-corrected chi connectivity index (χ1v) is 6.59. The third-order valence-electron chi connectivity index (χ3n) is 3.15. The third kappa shape index (κ3) is 2.28. The van der Waals surface area contributed by atoms with E-state index in [-0.39, 0.29) is 18.4 Å². The summed E-state index contributed by atoms with van der Waals surface area (Å²) in [5.74, 6) is 0.383. The zero-order valence-corrected chi connectivity index (χ0v) is 10.3. The van der Waals surface area contributed by atoms with Crippen LogP contribution in [-0.4, -0.2) is 35.6 Å². The van der Waals surface area contributed by atoms with Gasteiger partial charge in [0.2, 0.25) is 0 Å². The number of piperidine rings is 1. The molecule has 1 N–H and O–H groups in total. The van der Waals surface area contributed by atoms with Crippen LogP contribution in [0, 0.1) is 12.8 Å². The highest BCUT2D eigenvalue weighted by atomic mass is 32.1.